The summed E-state index contributed by atoms with van der Waals surface area (Å²) in [4.78, 5) is 4.55. The molecule has 0 spiro atoms. The van der Waals surface area contributed by atoms with Gasteiger partial charge in [0.25, 0.3) is 0 Å². The minimum atomic E-state index is -3.70. The molecule has 0 saturated heterocycles. The SMILES string of the molecule is CC(C)N(CC(N)=S)S(=O)(=O)c1cccc2ncccc12. The first-order valence-corrected chi connectivity index (χ1v) is 8.32. The quantitative estimate of drug-likeness (QED) is 0.851. The van der Waals surface area contributed by atoms with Crippen LogP contribution in [0, 0.1) is 0 Å². The van der Waals surface area contributed by atoms with Gasteiger partial charge in [-0.3, -0.25) is 4.98 Å². The second-order valence-electron chi connectivity index (χ2n) is 4.94. The normalized spacial score (nSPS) is 12.2. The lowest BCUT2D eigenvalue weighted by atomic mass is 10.2. The number of nitrogens with two attached hydrogens (primary N) is 1. The van der Waals surface area contributed by atoms with E-state index in [1.54, 1.807) is 50.4 Å². The Morgan fingerprint density at radius 3 is 2.67 bits per heavy atom. The average molecular weight is 323 g/mol. The van der Waals surface area contributed by atoms with E-state index in [0.29, 0.717) is 10.9 Å². The number of aromatic nitrogens is 1. The molecule has 0 fully saturated rings. The molecule has 2 aromatic rings. The Hall–Kier alpha value is -1.57. The van der Waals surface area contributed by atoms with Crippen molar-refractivity contribution in [2.24, 2.45) is 5.73 Å². The Bertz CT molecular complexity index is 767. The number of benzene rings is 1. The van der Waals surface area contributed by atoms with Gasteiger partial charge in [-0.05, 0) is 38.1 Å². The molecule has 0 bridgehead atoms. The molecule has 0 aliphatic heterocycles. The molecule has 0 amide bonds. The van der Waals surface area contributed by atoms with Crippen molar-refractivity contribution in [3.05, 3.63) is 36.5 Å². The van der Waals surface area contributed by atoms with Crippen LogP contribution in [0.25, 0.3) is 10.9 Å². The molecule has 2 N–H and O–H groups in total. The van der Waals surface area contributed by atoms with E-state index in [1.165, 1.54) is 4.31 Å². The van der Waals surface area contributed by atoms with Crippen LogP contribution in [0.15, 0.2) is 41.4 Å². The monoisotopic (exact) mass is 323 g/mol. The number of rotatable bonds is 5. The van der Waals surface area contributed by atoms with Gasteiger partial charge in [0.1, 0.15) is 0 Å². The average Bonchev–Trinajstić information content (AvgIpc) is 2.43. The standard InChI is InChI=1S/C14H17N3O2S2/c1-10(2)17(9-14(15)20)21(18,19)13-7-3-6-12-11(13)5-4-8-16-12/h3-8,10H,9H2,1-2H3,(H2,15,20). The van der Waals surface area contributed by atoms with Gasteiger partial charge in [-0.1, -0.05) is 18.3 Å². The smallest absolute Gasteiger partial charge is 0.244 e. The van der Waals surface area contributed by atoms with Gasteiger partial charge < -0.3 is 5.73 Å². The number of sulfonamides is 1. The van der Waals surface area contributed by atoms with Crippen molar-refractivity contribution >= 4 is 38.1 Å². The lowest BCUT2D eigenvalue weighted by molar-refractivity contribution is 0.391. The summed E-state index contributed by atoms with van der Waals surface area (Å²) in [6.07, 6.45) is 1.63. The van der Waals surface area contributed by atoms with Crippen LogP contribution in [0.3, 0.4) is 0 Å². The molecule has 0 radical (unpaired) electrons. The zero-order valence-corrected chi connectivity index (χ0v) is 13.5. The van der Waals surface area contributed by atoms with Gasteiger partial charge in [0, 0.05) is 17.6 Å². The van der Waals surface area contributed by atoms with Crippen LogP contribution in [0.4, 0.5) is 0 Å². The lowest BCUT2D eigenvalue weighted by Crippen LogP contribution is -2.42. The van der Waals surface area contributed by atoms with Crippen LogP contribution in [-0.4, -0.2) is 35.3 Å². The van der Waals surface area contributed by atoms with Gasteiger partial charge in [0.05, 0.1) is 21.9 Å². The Morgan fingerprint density at radius 2 is 2.05 bits per heavy atom. The lowest BCUT2D eigenvalue weighted by Gasteiger charge is -2.25. The predicted molar refractivity (Wildman–Crippen MR) is 87.6 cm³/mol. The molecule has 1 aromatic heterocycles. The van der Waals surface area contributed by atoms with E-state index >= 15 is 0 Å². The summed E-state index contributed by atoms with van der Waals surface area (Å²) in [6, 6.07) is 8.25. The largest absolute Gasteiger partial charge is 0.392 e. The summed E-state index contributed by atoms with van der Waals surface area (Å²) in [7, 11) is -3.70. The third kappa shape index (κ3) is 3.20. The Balaban J connectivity index is 2.62. The fourth-order valence-corrected chi connectivity index (χ4v) is 4.16. The highest BCUT2D eigenvalue weighted by atomic mass is 32.2. The van der Waals surface area contributed by atoms with E-state index in [1.807, 2.05) is 0 Å². The number of pyridine rings is 1. The number of thiocarbonyl (C=S) groups is 1. The van der Waals surface area contributed by atoms with E-state index in [9.17, 15) is 8.42 Å². The van der Waals surface area contributed by atoms with Crippen molar-refractivity contribution < 1.29 is 8.42 Å². The van der Waals surface area contributed by atoms with Crippen molar-refractivity contribution in [2.75, 3.05) is 6.54 Å². The maximum Gasteiger partial charge on any atom is 0.244 e. The van der Waals surface area contributed by atoms with Crippen molar-refractivity contribution in [2.45, 2.75) is 24.8 Å². The molecule has 5 nitrogen and oxygen atoms in total. The molecule has 0 unspecified atom stereocenters. The highest BCUT2D eigenvalue weighted by Gasteiger charge is 2.29. The minimum Gasteiger partial charge on any atom is -0.392 e. The van der Waals surface area contributed by atoms with Crippen LogP contribution in [-0.2, 0) is 10.0 Å². The molecule has 1 heterocycles. The Labute approximate surface area is 129 Å². The number of hydrogen-bond acceptors (Lipinski definition) is 4. The molecule has 0 saturated carbocycles. The molecule has 2 rings (SSSR count). The first-order chi connectivity index (χ1) is 9.84. The highest BCUT2D eigenvalue weighted by Crippen LogP contribution is 2.25. The second-order valence-corrected chi connectivity index (χ2v) is 7.32. The van der Waals surface area contributed by atoms with E-state index in [-0.39, 0.29) is 22.5 Å². The Morgan fingerprint density at radius 1 is 1.33 bits per heavy atom. The molecular weight excluding hydrogens is 306 g/mol. The summed E-state index contributed by atoms with van der Waals surface area (Å²) in [5, 5.41) is 0.591. The van der Waals surface area contributed by atoms with E-state index in [4.69, 9.17) is 18.0 Å². The molecular formula is C14H17N3O2S2. The van der Waals surface area contributed by atoms with Crippen LogP contribution in [0.2, 0.25) is 0 Å². The van der Waals surface area contributed by atoms with Gasteiger partial charge in [0.15, 0.2) is 0 Å². The highest BCUT2D eigenvalue weighted by molar-refractivity contribution is 7.89. The molecule has 7 heteroatoms. The maximum absolute atomic E-state index is 12.9. The first-order valence-electron chi connectivity index (χ1n) is 6.48. The maximum atomic E-state index is 12.9. The van der Waals surface area contributed by atoms with Gasteiger partial charge in [-0.25, -0.2) is 8.42 Å². The van der Waals surface area contributed by atoms with Crippen molar-refractivity contribution in [3.8, 4) is 0 Å². The summed E-state index contributed by atoms with van der Waals surface area (Å²) in [5.74, 6) is 0. The molecule has 21 heavy (non-hydrogen) atoms. The van der Waals surface area contributed by atoms with Crippen LogP contribution in [0.5, 0.6) is 0 Å². The van der Waals surface area contributed by atoms with Crippen molar-refractivity contribution in [3.63, 3.8) is 0 Å². The summed E-state index contributed by atoms with van der Waals surface area (Å²) in [6.45, 7) is 3.60. The molecule has 112 valence electrons. The topological polar surface area (TPSA) is 76.3 Å². The third-order valence-electron chi connectivity index (χ3n) is 3.08. The number of nitrogens with zero attached hydrogens (tertiary/aromatic N) is 2. The van der Waals surface area contributed by atoms with Crippen molar-refractivity contribution in [1.29, 1.82) is 0 Å². The van der Waals surface area contributed by atoms with Gasteiger partial charge in [0.2, 0.25) is 10.0 Å². The number of hydrogen-bond donors (Lipinski definition) is 1. The molecule has 0 aliphatic rings. The summed E-state index contributed by atoms with van der Waals surface area (Å²) >= 11 is 4.87. The van der Waals surface area contributed by atoms with Gasteiger partial charge >= 0.3 is 0 Å². The van der Waals surface area contributed by atoms with Crippen LogP contribution in [0.1, 0.15) is 13.8 Å². The molecule has 1 aromatic carbocycles. The van der Waals surface area contributed by atoms with Gasteiger partial charge in [-0.2, -0.15) is 4.31 Å². The fraction of sp³-hybridized carbons (Fsp3) is 0.286. The predicted octanol–water partition coefficient (Wildman–Crippen LogP) is 1.92. The fourth-order valence-electron chi connectivity index (χ4n) is 2.13. The second kappa shape index (κ2) is 6.05. The van der Waals surface area contributed by atoms with E-state index < -0.39 is 10.0 Å². The third-order valence-corrected chi connectivity index (χ3v) is 5.29. The van der Waals surface area contributed by atoms with E-state index in [0.717, 1.165) is 0 Å². The zero-order chi connectivity index (χ0) is 15.6. The van der Waals surface area contributed by atoms with Crippen molar-refractivity contribution in [1.82, 2.24) is 9.29 Å². The van der Waals surface area contributed by atoms with Gasteiger partial charge in [-0.15, -0.1) is 0 Å². The minimum absolute atomic E-state index is 0.0198. The van der Waals surface area contributed by atoms with E-state index in [2.05, 4.69) is 4.98 Å². The molecule has 0 atom stereocenters. The Kier molecular flexibility index (Phi) is 4.55. The first kappa shape index (κ1) is 15.8. The summed E-state index contributed by atoms with van der Waals surface area (Å²) < 4.78 is 27.1. The van der Waals surface area contributed by atoms with Crippen LogP contribution >= 0.6 is 12.2 Å². The summed E-state index contributed by atoms with van der Waals surface area (Å²) in [5.41, 5.74) is 6.17. The number of fused-ring (bicyclic) bond motifs is 1. The zero-order valence-electron chi connectivity index (χ0n) is 11.9. The van der Waals surface area contributed by atoms with Crippen LogP contribution < -0.4 is 5.73 Å². The molecule has 0 aliphatic carbocycles.